The maximum atomic E-state index is 12.9. The molecule has 3 heterocycles. The lowest BCUT2D eigenvalue weighted by atomic mass is 10.2. The number of hydrogen-bond acceptors (Lipinski definition) is 7. The number of aryl methyl sites for hydroxylation is 3. The van der Waals surface area contributed by atoms with Crippen molar-refractivity contribution in [3.8, 4) is 0 Å². The summed E-state index contributed by atoms with van der Waals surface area (Å²) in [6.45, 7) is 5.07. The molecular weight excluding hydrogens is 336 g/mol. The van der Waals surface area contributed by atoms with Crippen LogP contribution in [-0.2, 0) is 14.8 Å². The molecule has 1 fully saturated rings. The molecule has 2 aromatic heterocycles. The van der Waals surface area contributed by atoms with E-state index in [1.165, 1.54) is 11.2 Å². The topological polar surface area (TPSA) is 119 Å². The Morgan fingerprint density at radius 2 is 2.04 bits per heavy atom. The molecule has 1 aliphatic rings. The molecule has 2 aromatic rings. The standard InChI is InChI=1S/C14H18N4O5S/c1-8-7-12(17-22-8)15-14(19)11-5-4-6-18(11)24(20,21)13-9(2)16-23-10(13)3/h7,11H,4-6H2,1-3H3,(H,15,17,19)/t11-/m0/s1. The molecular formula is C14H18N4O5S. The van der Waals surface area contributed by atoms with Crippen molar-refractivity contribution in [3.63, 3.8) is 0 Å². The lowest BCUT2D eigenvalue weighted by molar-refractivity contribution is -0.119. The van der Waals surface area contributed by atoms with Gasteiger partial charge in [-0.15, -0.1) is 0 Å². The fourth-order valence-electron chi connectivity index (χ4n) is 2.88. The second-order valence-corrected chi connectivity index (χ2v) is 7.57. The molecule has 130 valence electrons. The molecule has 0 saturated carbocycles. The van der Waals surface area contributed by atoms with Gasteiger partial charge in [-0.2, -0.15) is 4.31 Å². The third-order valence-corrected chi connectivity index (χ3v) is 6.07. The Kier molecular flexibility index (Phi) is 4.18. The molecule has 3 rings (SSSR count). The number of amides is 1. The second-order valence-electron chi connectivity index (χ2n) is 5.74. The minimum atomic E-state index is -3.87. The second kappa shape index (κ2) is 6.02. The summed E-state index contributed by atoms with van der Waals surface area (Å²) in [5, 5.41) is 9.98. The van der Waals surface area contributed by atoms with E-state index in [0.717, 1.165) is 0 Å². The normalized spacial score (nSPS) is 18.9. The molecule has 10 heteroatoms. The Labute approximate surface area is 139 Å². The Bertz CT molecular complexity index is 850. The number of nitrogens with one attached hydrogen (secondary N) is 1. The van der Waals surface area contributed by atoms with Gasteiger partial charge in [0.25, 0.3) is 0 Å². The summed E-state index contributed by atoms with van der Waals surface area (Å²) in [5.41, 5.74) is 0.283. The van der Waals surface area contributed by atoms with Crippen molar-refractivity contribution in [3.05, 3.63) is 23.3 Å². The molecule has 0 aliphatic carbocycles. The number of anilines is 1. The average Bonchev–Trinajstić information content (AvgIpc) is 3.20. The molecule has 0 spiro atoms. The van der Waals surface area contributed by atoms with Crippen molar-refractivity contribution in [1.82, 2.24) is 14.6 Å². The number of aromatic nitrogens is 2. The summed E-state index contributed by atoms with van der Waals surface area (Å²) < 4.78 is 36.9. The van der Waals surface area contributed by atoms with Crippen LogP contribution in [0.4, 0.5) is 5.82 Å². The molecule has 24 heavy (non-hydrogen) atoms. The van der Waals surface area contributed by atoms with Gasteiger partial charge in [-0.3, -0.25) is 4.79 Å². The van der Waals surface area contributed by atoms with E-state index in [-0.39, 0.29) is 28.7 Å². The highest BCUT2D eigenvalue weighted by Crippen LogP contribution is 2.30. The zero-order chi connectivity index (χ0) is 17.5. The van der Waals surface area contributed by atoms with E-state index in [2.05, 4.69) is 15.6 Å². The molecule has 1 aliphatic heterocycles. The SMILES string of the molecule is Cc1cc(NC(=O)[C@@H]2CCCN2S(=O)(=O)c2c(C)noc2C)no1. The summed E-state index contributed by atoms with van der Waals surface area (Å²) in [6, 6.07) is 0.765. The highest BCUT2D eigenvalue weighted by atomic mass is 32.2. The first-order chi connectivity index (χ1) is 11.3. The van der Waals surface area contributed by atoms with E-state index in [4.69, 9.17) is 9.05 Å². The van der Waals surface area contributed by atoms with Crippen LogP contribution in [0.5, 0.6) is 0 Å². The molecule has 1 saturated heterocycles. The van der Waals surface area contributed by atoms with Crippen LogP contribution in [-0.4, -0.2) is 41.5 Å². The largest absolute Gasteiger partial charge is 0.360 e. The number of carbonyl (C=O) groups excluding carboxylic acids is 1. The van der Waals surface area contributed by atoms with Crippen molar-refractivity contribution >= 4 is 21.7 Å². The highest BCUT2D eigenvalue weighted by Gasteiger charge is 2.42. The van der Waals surface area contributed by atoms with E-state index < -0.39 is 22.0 Å². The van der Waals surface area contributed by atoms with Crippen molar-refractivity contribution in [2.45, 2.75) is 44.6 Å². The summed E-state index contributed by atoms with van der Waals surface area (Å²) in [4.78, 5) is 12.5. The Balaban J connectivity index is 1.86. The van der Waals surface area contributed by atoms with Crippen LogP contribution in [0.15, 0.2) is 20.0 Å². The monoisotopic (exact) mass is 354 g/mol. The maximum Gasteiger partial charge on any atom is 0.249 e. The van der Waals surface area contributed by atoms with Crippen LogP contribution in [0.3, 0.4) is 0 Å². The molecule has 0 aromatic carbocycles. The fraction of sp³-hybridized carbons (Fsp3) is 0.500. The Morgan fingerprint density at radius 3 is 2.62 bits per heavy atom. The minimum Gasteiger partial charge on any atom is -0.360 e. The number of sulfonamides is 1. The number of hydrogen-bond donors (Lipinski definition) is 1. The molecule has 0 unspecified atom stereocenters. The molecule has 1 atom stereocenters. The van der Waals surface area contributed by atoms with Gasteiger partial charge in [0.1, 0.15) is 22.4 Å². The number of carbonyl (C=O) groups is 1. The highest BCUT2D eigenvalue weighted by molar-refractivity contribution is 7.89. The van der Waals surface area contributed by atoms with Crippen LogP contribution >= 0.6 is 0 Å². The first-order valence-electron chi connectivity index (χ1n) is 7.49. The van der Waals surface area contributed by atoms with Crippen molar-refractivity contribution in [2.24, 2.45) is 0 Å². The Hall–Kier alpha value is -2.20. The molecule has 1 amide bonds. The van der Waals surface area contributed by atoms with Gasteiger partial charge in [0.05, 0.1) is 0 Å². The summed E-state index contributed by atoms with van der Waals surface area (Å²) in [6.07, 6.45) is 1.03. The lowest BCUT2D eigenvalue weighted by Gasteiger charge is -2.22. The molecule has 9 nitrogen and oxygen atoms in total. The van der Waals surface area contributed by atoms with Gasteiger partial charge in [-0.25, -0.2) is 8.42 Å². The van der Waals surface area contributed by atoms with E-state index in [1.807, 2.05) is 0 Å². The van der Waals surface area contributed by atoms with Crippen LogP contribution in [0.1, 0.15) is 30.1 Å². The first kappa shape index (κ1) is 16.7. The smallest absolute Gasteiger partial charge is 0.249 e. The quantitative estimate of drug-likeness (QED) is 0.881. The van der Waals surface area contributed by atoms with E-state index in [1.54, 1.807) is 19.9 Å². The molecule has 1 N–H and O–H groups in total. The third kappa shape index (κ3) is 2.82. The summed E-state index contributed by atoms with van der Waals surface area (Å²) in [5.74, 6) is 0.595. The van der Waals surface area contributed by atoms with E-state index >= 15 is 0 Å². The van der Waals surface area contributed by atoms with E-state index in [9.17, 15) is 13.2 Å². The van der Waals surface area contributed by atoms with Gasteiger partial charge in [-0.1, -0.05) is 10.3 Å². The number of nitrogens with zero attached hydrogens (tertiary/aromatic N) is 3. The van der Waals surface area contributed by atoms with Gasteiger partial charge in [0.2, 0.25) is 15.9 Å². The molecule has 0 bridgehead atoms. The minimum absolute atomic E-state index is 0.0273. The first-order valence-corrected chi connectivity index (χ1v) is 8.93. The van der Waals surface area contributed by atoms with Crippen LogP contribution < -0.4 is 5.32 Å². The van der Waals surface area contributed by atoms with Crippen molar-refractivity contribution in [2.75, 3.05) is 11.9 Å². The van der Waals surface area contributed by atoms with Crippen molar-refractivity contribution < 1.29 is 22.3 Å². The van der Waals surface area contributed by atoms with Crippen molar-refractivity contribution in [1.29, 1.82) is 0 Å². The lowest BCUT2D eigenvalue weighted by Crippen LogP contribution is -2.43. The third-order valence-electron chi connectivity index (χ3n) is 3.92. The zero-order valence-electron chi connectivity index (χ0n) is 13.6. The summed E-state index contributed by atoms with van der Waals surface area (Å²) in [7, 11) is -3.87. The maximum absolute atomic E-state index is 12.9. The molecule has 0 radical (unpaired) electrons. The fourth-order valence-corrected chi connectivity index (χ4v) is 4.84. The summed E-state index contributed by atoms with van der Waals surface area (Å²) >= 11 is 0. The van der Waals surface area contributed by atoms with Gasteiger partial charge in [0.15, 0.2) is 11.6 Å². The van der Waals surface area contributed by atoms with Crippen LogP contribution in [0.25, 0.3) is 0 Å². The van der Waals surface area contributed by atoms with E-state index in [0.29, 0.717) is 18.6 Å². The predicted molar refractivity (Wildman–Crippen MR) is 82.8 cm³/mol. The Morgan fingerprint density at radius 1 is 1.29 bits per heavy atom. The number of rotatable bonds is 4. The van der Waals surface area contributed by atoms with Crippen LogP contribution in [0.2, 0.25) is 0 Å². The van der Waals surface area contributed by atoms with Gasteiger partial charge in [0, 0.05) is 12.6 Å². The average molecular weight is 354 g/mol. The zero-order valence-corrected chi connectivity index (χ0v) is 14.4. The van der Waals surface area contributed by atoms with Gasteiger partial charge < -0.3 is 14.4 Å². The van der Waals surface area contributed by atoms with Gasteiger partial charge in [-0.05, 0) is 33.6 Å². The van der Waals surface area contributed by atoms with Crippen LogP contribution in [0, 0.1) is 20.8 Å². The predicted octanol–water partition coefficient (Wildman–Crippen LogP) is 1.38. The van der Waals surface area contributed by atoms with Gasteiger partial charge >= 0.3 is 0 Å².